The van der Waals surface area contributed by atoms with Gasteiger partial charge in [-0.15, -0.1) is 0 Å². The quantitative estimate of drug-likeness (QED) is 0.639. The van der Waals surface area contributed by atoms with E-state index in [1.54, 1.807) is 0 Å². The summed E-state index contributed by atoms with van der Waals surface area (Å²) in [5.74, 6) is -0.723. The van der Waals surface area contributed by atoms with E-state index in [0.717, 1.165) is 26.1 Å². The molecule has 12 heavy (non-hydrogen) atoms. The van der Waals surface area contributed by atoms with Crippen molar-refractivity contribution in [1.82, 2.24) is 5.32 Å². The Labute approximate surface area is 71.9 Å². The van der Waals surface area contributed by atoms with Crippen LogP contribution in [0.15, 0.2) is 0 Å². The number of aliphatic carboxylic acids is 1. The summed E-state index contributed by atoms with van der Waals surface area (Å²) >= 11 is 0. The van der Waals surface area contributed by atoms with Gasteiger partial charge < -0.3 is 15.2 Å². The number of morpholine rings is 1. The molecule has 1 rings (SSSR count). The lowest BCUT2D eigenvalue weighted by atomic mass is 10.1. The van der Waals surface area contributed by atoms with Crippen LogP contribution in [-0.4, -0.2) is 36.9 Å². The van der Waals surface area contributed by atoms with Crippen LogP contribution < -0.4 is 5.32 Å². The number of hydrogen-bond acceptors (Lipinski definition) is 3. The van der Waals surface area contributed by atoms with Gasteiger partial charge in [-0.2, -0.15) is 0 Å². The first kappa shape index (κ1) is 9.48. The average Bonchev–Trinajstić information content (AvgIpc) is 2.05. The maximum atomic E-state index is 10.2. The van der Waals surface area contributed by atoms with Crippen LogP contribution in [0, 0.1) is 0 Å². The smallest absolute Gasteiger partial charge is 0.303 e. The van der Waals surface area contributed by atoms with Gasteiger partial charge in [0.05, 0.1) is 12.7 Å². The van der Waals surface area contributed by atoms with Gasteiger partial charge in [-0.05, 0) is 12.8 Å². The van der Waals surface area contributed by atoms with Crippen molar-refractivity contribution < 1.29 is 14.6 Å². The van der Waals surface area contributed by atoms with E-state index < -0.39 is 5.97 Å². The van der Waals surface area contributed by atoms with Crippen molar-refractivity contribution in [1.29, 1.82) is 0 Å². The van der Waals surface area contributed by atoms with E-state index in [2.05, 4.69) is 5.32 Å². The lowest BCUT2D eigenvalue weighted by molar-refractivity contribution is -0.137. The minimum Gasteiger partial charge on any atom is -0.481 e. The molecule has 0 bridgehead atoms. The Morgan fingerprint density at radius 3 is 3.08 bits per heavy atom. The second kappa shape index (κ2) is 5.11. The first-order chi connectivity index (χ1) is 5.79. The molecule has 1 fully saturated rings. The molecule has 0 spiro atoms. The first-order valence-electron chi connectivity index (χ1n) is 4.33. The number of carboxylic acids is 1. The van der Waals surface area contributed by atoms with Gasteiger partial charge in [0, 0.05) is 19.5 Å². The van der Waals surface area contributed by atoms with Gasteiger partial charge in [0.15, 0.2) is 0 Å². The molecular formula is C8H15NO3. The van der Waals surface area contributed by atoms with E-state index in [0.29, 0.717) is 6.42 Å². The second-order valence-electron chi connectivity index (χ2n) is 2.98. The third-order valence-corrected chi connectivity index (χ3v) is 1.92. The maximum absolute atomic E-state index is 10.2. The minimum atomic E-state index is -0.723. The number of carboxylic acid groups (broad SMARTS) is 1. The fraction of sp³-hybridized carbons (Fsp3) is 0.875. The fourth-order valence-corrected chi connectivity index (χ4v) is 1.29. The molecule has 1 unspecified atom stereocenters. The van der Waals surface area contributed by atoms with Crippen molar-refractivity contribution >= 4 is 5.97 Å². The largest absolute Gasteiger partial charge is 0.481 e. The van der Waals surface area contributed by atoms with Crippen LogP contribution in [0.3, 0.4) is 0 Å². The molecule has 1 heterocycles. The lowest BCUT2D eigenvalue weighted by Gasteiger charge is -2.23. The Bertz CT molecular complexity index is 143. The van der Waals surface area contributed by atoms with Crippen molar-refractivity contribution in [3.63, 3.8) is 0 Å². The highest BCUT2D eigenvalue weighted by molar-refractivity contribution is 5.66. The summed E-state index contributed by atoms with van der Waals surface area (Å²) in [6, 6.07) is 0. The summed E-state index contributed by atoms with van der Waals surface area (Å²) in [7, 11) is 0. The molecule has 4 nitrogen and oxygen atoms in total. The van der Waals surface area contributed by atoms with Crippen LogP contribution in [-0.2, 0) is 9.53 Å². The van der Waals surface area contributed by atoms with Gasteiger partial charge in [-0.1, -0.05) is 0 Å². The molecule has 0 aliphatic carbocycles. The van der Waals surface area contributed by atoms with Gasteiger partial charge in [0.1, 0.15) is 0 Å². The van der Waals surface area contributed by atoms with E-state index in [4.69, 9.17) is 9.84 Å². The molecule has 0 aromatic rings. The molecule has 0 aromatic heterocycles. The fourth-order valence-electron chi connectivity index (χ4n) is 1.29. The number of carbonyl (C=O) groups is 1. The molecule has 0 amide bonds. The molecule has 0 radical (unpaired) electrons. The zero-order chi connectivity index (χ0) is 8.81. The van der Waals surface area contributed by atoms with E-state index in [-0.39, 0.29) is 12.5 Å². The highest BCUT2D eigenvalue weighted by atomic mass is 16.5. The Hall–Kier alpha value is -0.610. The molecule has 1 aliphatic heterocycles. The summed E-state index contributed by atoms with van der Waals surface area (Å²) in [4.78, 5) is 10.2. The van der Waals surface area contributed by atoms with Crippen LogP contribution in [0.25, 0.3) is 0 Å². The van der Waals surface area contributed by atoms with Crippen LogP contribution in [0.5, 0.6) is 0 Å². The van der Waals surface area contributed by atoms with Crippen LogP contribution in [0.1, 0.15) is 19.3 Å². The SMILES string of the molecule is O=C(O)CCCC1CNCCO1. The number of rotatable bonds is 4. The Morgan fingerprint density at radius 1 is 1.67 bits per heavy atom. The maximum Gasteiger partial charge on any atom is 0.303 e. The summed E-state index contributed by atoms with van der Waals surface area (Å²) in [5, 5.41) is 11.6. The molecule has 1 atom stereocenters. The third-order valence-electron chi connectivity index (χ3n) is 1.92. The van der Waals surface area contributed by atoms with Crippen molar-refractivity contribution in [2.45, 2.75) is 25.4 Å². The zero-order valence-corrected chi connectivity index (χ0v) is 7.08. The summed E-state index contributed by atoms with van der Waals surface area (Å²) in [5.41, 5.74) is 0. The Kier molecular flexibility index (Phi) is 4.04. The van der Waals surface area contributed by atoms with Crippen LogP contribution in [0.4, 0.5) is 0 Å². The van der Waals surface area contributed by atoms with Gasteiger partial charge >= 0.3 is 5.97 Å². The second-order valence-corrected chi connectivity index (χ2v) is 2.98. The molecule has 1 saturated heterocycles. The summed E-state index contributed by atoms with van der Waals surface area (Å²) in [6.07, 6.45) is 2.03. The van der Waals surface area contributed by atoms with E-state index >= 15 is 0 Å². The highest BCUT2D eigenvalue weighted by Gasteiger charge is 2.12. The van der Waals surface area contributed by atoms with Crippen molar-refractivity contribution in [3.8, 4) is 0 Å². The molecule has 4 heteroatoms. The molecule has 1 aliphatic rings. The standard InChI is InChI=1S/C8H15NO3/c10-8(11)3-1-2-7-6-9-4-5-12-7/h7,9H,1-6H2,(H,10,11). The number of hydrogen-bond donors (Lipinski definition) is 2. The minimum absolute atomic E-state index is 0.220. The van der Waals surface area contributed by atoms with E-state index in [1.807, 2.05) is 0 Å². The van der Waals surface area contributed by atoms with Crippen molar-refractivity contribution in [3.05, 3.63) is 0 Å². The predicted molar refractivity (Wildman–Crippen MR) is 44.1 cm³/mol. The highest BCUT2D eigenvalue weighted by Crippen LogP contribution is 2.06. The Morgan fingerprint density at radius 2 is 2.50 bits per heavy atom. The summed E-state index contributed by atoms with van der Waals surface area (Å²) < 4.78 is 5.40. The molecule has 70 valence electrons. The predicted octanol–water partition coefficient (Wildman–Crippen LogP) is 0.230. The monoisotopic (exact) mass is 173 g/mol. The zero-order valence-electron chi connectivity index (χ0n) is 7.08. The first-order valence-corrected chi connectivity index (χ1v) is 4.33. The van der Waals surface area contributed by atoms with Crippen molar-refractivity contribution in [2.24, 2.45) is 0 Å². The van der Waals surface area contributed by atoms with E-state index in [1.165, 1.54) is 0 Å². The normalized spacial score (nSPS) is 23.8. The average molecular weight is 173 g/mol. The molecular weight excluding hydrogens is 158 g/mol. The van der Waals surface area contributed by atoms with Gasteiger partial charge in [-0.25, -0.2) is 0 Å². The van der Waals surface area contributed by atoms with E-state index in [9.17, 15) is 4.79 Å². The lowest BCUT2D eigenvalue weighted by Crippen LogP contribution is -2.38. The summed E-state index contributed by atoms with van der Waals surface area (Å²) in [6.45, 7) is 2.52. The topological polar surface area (TPSA) is 58.6 Å². The van der Waals surface area contributed by atoms with Gasteiger partial charge in [-0.3, -0.25) is 4.79 Å². The molecule has 2 N–H and O–H groups in total. The van der Waals surface area contributed by atoms with Gasteiger partial charge in [0.2, 0.25) is 0 Å². The molecule has 0 aromatic carbocycles. The van der Waals surface area contributed by atoms with Gasteiger partial charge in [0.25, 0.3) is 0 Å². The molecule has 0 saturated carbocycles. The number of nitrogens with one attached hydrogen (secondary N) is 1. The van der Waals surface area contributed by atoms with Crippen LogP contribution in [0.2, 0.25) is 0 Å². The van der Waals surface area contributed by atoms with Crippen molar-refractivity contribution in [2.75, 3.05) is 19.7 Å². The third kappa shape index (κ3) is 3.69. The number of ether oxygens (including phenoxy) is 1. The van der Waals surface area contributed by atoms with Crippen LogP contribution >= 0.6 is 0 Å². The Balaban J connectivity index is 2.01.